The first-order valence-electron chi connectivity index (χ1n) is 7.29. The van der Waals surface area contributed by atoms with Gasteiger partial charge in [-0.2, -0.15) is 0 Å². The summed E-state index contributed by atoms with van der Waals surface area (Å²) in [5, 5.41) is 9.27. The van der Waals surface area contributed by atoms with Gasteiger partial charge < -0.3 is 9.67 Å². The van der Waals surface area contributed by atoms with E-state index in [0.717, 1.165) is 5.56 Å². The Kier molecular flexibility index (Phi) is 3.56. The number of ketones is 1. The summed E-state index contributed by atoms with van der Waals surface area (Å²) in [5.74, 6) is -2.42. The Hall–Kier alpha value is -2.43. The zero-order valence-corrected chi connectivity index (χ0v) is 12.2. The number of nitrogens with zero attached hydrogens (tertiary/aromatic N) is 1. The van der Waals surface area contributed by atoms with Gasteiger partial charge in [0, 0.05) is 12.2 Å². The first-order chi connectivity index (χ1) is 10.5. The molecule has 114 valence electrons. The molecule has 1 aromatic carbocycles. The fourth-order valence-electron chi connectivity index (χ4n) is 3.12. The largest absolute Gasteiger partial charge is 0.481 e. The van der Waals surface area contributed by atoms with Crippen LogP contribution in [0.1, 0.15) is 46.6 Å². The van der Waals surface area contributed by atoms with Crippen LogP contribution in [-0.4, -0.2) is 21.4 Å². The summed E-state index contributed by atoms with van der Waals surface area (Å²) >= 11 is 0. The summed E-state index contributed by atoms with van der Waals surface area (Å²) in [7, 11) is 0. The normalized spacial score (nSPS) is 16.5. The Labute approximate surface area is 127 Å². The second-order valence-corrected chi connectivity index (χ2v) is 5.44. The minimum Gasteiger partial charge on any atom is -0.481 e. The van der Waals surface area contributed by atoms with E-state index in [1.165, 1.54) is 18.2 Å². The monoisotopic (exact) mass is 301 g/mol. The Balaban J connectivity index is 2.12. The van der Waals surface area contributed by atoms with Gasteiger partial charge in [0.2, 0.25) is 5.78 Å². The van der Waals surface area contributed by atoms with E-state index in [9.17, 15) is 19.1 Å². The number of aryl methyl sites for hydroxylation is 1. The van der Waals surface area contributed by atoms with Crippen LogP contribution in [0.15, 0.2) is 30.3 Å². The molecule has 0 aliphatic carbocycles. The molecule has 1 atom stereocenters. The molecule has 0 saturated heterocycles. The van der Waals surface area contributed by atoms with Crippen molar-refractivity contribution in [2.45, 2.75) is 32.2 Å². The van der Waals surface area contributed by atoms with Gasteiger partial charge in [-0.3, -0.25) is 9.59 Å². The third kappa shape index (κ3) is 2.13. The van der Waals surface area contributed by atoms with Gasteiger partial charge in [-0.25, -0.2) is 4.39 Å². The first-order valence-corrected chi connectivity index (χ1v) is 7.29. The Bertz CT molecular complexity index is 763. The summed E-state index contributed by atoms with van der Waals surface area (Å²) in [6.45, 7) is 2.38. The van der Waals surface area contributed by atoms with Crippen molar-refractivity contribution in [3.8, 4) is 0 Å². The second kappa shape index (κ2) is 5.40. The summed E-state index contributed by atoms with van der Waals surface area (Å²) in [5.41, 5.74) is 1.86. The molecule has 1 N–H and O–H groups in total. The number of carboxylic acid groups (broad SMARTS) is 1. The van der Waals surface area contributed by atoms with Crippen molar-refractivity contribution in [2.75, 3.05) is 0 Å². The van der Waals surface area contributed by atoms with Crippen LogP contribution >= 0.6 is 0 Å². The number of halogens is 1. The van der Waals surface area contributed by atoms with E-state index < -0.39 is 17.7 Å². The third-order valence-electron chi connectivity index (χ3n) is 4.22. The predicted molar refractivity (Wildman–Crippen MR) is 78.6 cm³/mol. The van der Waals surface area contributed by atoms with E-state index in [1.54, 1.807) is 16.7 Å². The van der Waals surface area contributed by atoms with E-state index in [2.05, 4.69) is 0 Å². The molecule has 1 aromatic heterocycles. The molecule has 0 fully saturated rings. The number of carboxylic acids is 1. The standard InChI is InChI=1S/C17H16FNO3/c1-2-10-9-14-12(17(21)22)7-8-19(14)15(10)16(20)11-5-3-4-6-13(11)18/h3-6,9,12H,2,7-8H2,1H3,(H,21,22). The second-order valence-electron chi connectivity index (χ2n) is 5.44. The third-order valence-corrected chi connectivity index (χ3v) is 4.22. The lowest BCUT2D eigenvalue weighted by molar-refractivity contribution is -0.138. The number of benzene rings is 1. The zero-order chi connectivity index (χ0) is 15.9. The Morgan fingerprint density at radius 2 is 2.09 bits per heavy atom. The molecule has 0 saturated carbocycles. The average Bonchev–Trinajstić information content (AvgIpc) is 3.04. The van der Waals surface area contributed by atoms with E-state index >= 15 is 0 Å². The first kappa shape index (κ1) is 14.5. The van der Waals surface area contributed by atoms with Crippen molar-refractivity contribution in [3.05, 3.63) is 58.7 Å². The molecule has 2 heterocycles. The SMILES string of the molecule is CCc1cc2n(c1C(=O)c1ccccc1F)CCC2C(=O)O. The quantitative estimate of drug-likeness (QED) is 0.883. The number of aromatic nitrogens is 1. The van der Waals surface area contributed by atoms with Crippen LogP contribution in [0.5, 0.6) is 0 Å². The highest BCUT2D eigenvalue weighted by Crippen LogP contribution is 2.34. The molecule has 0 bridgehead atoms. The molecule has 5 heteroatoms. The highest BCUT2D eigenvalue weighted by Gasteiger charge is 2.34. The zero-order valence-electron chi connectivity index (χ0n) is 12.2. The maximum absolute atomic E-state index is 13.9. The van der Waals surface area contributed by atoms with Gasteiger partial charge in [-0.05, 0) is 36.6 Å². The number of fused-ring (bicyclic) bond motifs is 1. The number of carbonyl (C=O) groups is 2. The fourth-order valence-corrected chi connectivity index (χ4v) is 3.12. The molecule has 1 unspecified atom stereocenters. The van der Waals surface area contributed by atoms with Crippen LogP contribution in [0.25, 0.3) is 0 Å². The van der Waals surface area contributed by atoms with E-state index in [0.29, 0.717) is 30.8 Å². The van der Waals surface area contributed by atoms with E-state index in [1.807, 2.05) is 6.92 Å². The molecular weight excluding hydrogens is 285 g/mol. The molecule has 0 amide bonds. The van der Waals surface area contributed by atoms with Gasteiger partial charge >= 0.3 is 5.97 Å². The molecule has 2 aromatic rings. The molecule has 1 aliphatic heterocycles. The minimum absolute atomic E-state index is 0.0249. The predicted octanol–water partition coefficient (Wildman–Crippen LogP) is 2.99. The fraction of sp³-hybridized carbons (Fsp3) is 0.294. The van der Waals surface area contributed by atoms with Crippen molar-refractivity contribution in [1.29, 1.82) is 0 Å². The van der Waals surface area contributed by atoms with E-state index in [-0.39, 0.29) is 11.3 Å². The van der Waals surface area contributed by atoms with Crippen molar-refractivity contribution >= 4 is 11.8 Å². The smallest absolute Gasteiger partial charge is 0.312 e. The maximum Gasteiger partial charge on any atom is 0.312 e. The Morgan fingerprint density at radius 1 is 1.36 bits per heavy atom. The molecule has 4 nitrogen and oxygen atoms in total. The van der Waals surface area contributed by atoms with Crippen molar-refractivity contribution in [1.82, 2.24) is 4.57 Å². The summed E-state index contributed by atoms with van der Waals surface area (Å²) < 4.78 is 15.6. The number of aliphatic carboxylic acids is 1. The molecule has 3 rings (SSSR count). The van der Waals surface area contributed by atoms with Gasteiger partial charge in [0.05, 0.1) is 17.2 Å². The molecule has 22 heavy (non-hydrogen) atoms. The number of carbonyl (C=O) groups excluding carboxylic acids is 1. The van der Waals surface area contributed by atoms with Gasteiger partial charge in [0.25, 0.3) is 0 Å². The highest BCUT2D eigenvalue weighted by molar-refractivity contribution is 6.09. The van der Waals surface area contributed by atoms with Crippen LogP contribution < -0.4 is 0 Å². The van der Waals surface area contributed by atoms with Gasteiger partial charge in [0.1, 0.15) is 5.82 Å². The lowest BCUT2D eigenvalue weighted by Gasteiger charge is -2.08. The van der Waals surface area contributed by atoms with Crippen molar-refractivity contribution in [3.63, 3.8) is 0 Å². The van der Waals surface area contributed by atoms with Gasteiger partial charge in [-0.15, -0.1) is 0 Å². The average molecular weight is 301 g/mol. The van der Waals surface area contributed by atoms with Crippen molar-refractivity contribution in [2.24, 2.45) is 0 Å². The summed E-state index contributed by atoms with van der Waals surface area (Å²) in [6.07, 6.45) is 1.06. The lowest BCUT2D eigenvalue weighted by Crippen LogP contribution is -2.13. The number of rotatable bonds is 4. The molecular formula is C17H16FNO3. The minimum atomic E-state index is -0.885. The molecule has 0 radical (unpaired) electrons. The van der Waals surface area contributed by atoms with Crippen LogP contribution in [0, 0.1) is 5.82 Å². The van der Waals surface area contributed by atoms with Crippen molar-refractivity contribution < 1.29 is 19.1 Å². The topological polar surface area (TPSA) is 59.3 Å². The van der Waals surface area contributed by atoms with Gasteiger partial charge in [-0.1, -0.05) is 19.1 Å². The van der Waals surface area contributed by atoms with Crippen LogP contribution in [-0.2, 0) is 17.8 Å². The highest BCUT2D eigenvalue weighted by atomic mass is 19.1. The van der Waals surface area contributed by atoms with Crippen LogP contribution in [0.3, 0.4) is 0 Å². The Morgan fingerprint density at radius 3 is 2.73 bits per heavy atom. The van der Waals surface area contributed by atoms with Crippen LogP contribution in [0.4, 0.5) is 4.39 Å². The van der Waals surface area contributed by atoms with E-state index in [4.69, 9.17) is 0 Å². The summed E-state index contributed by atoms with van der Waals surface area (Å²) in [4.78, 5) is 24.0. The number of hydrogen-bond donors (Lipinski definition) is 1. The van der Waals surface area contributed by atoms with Gasteiger partial charge in [0.15, 0.2) is 0 Å². The molecule has 1 aliphatic rings. The lowest BCUT2D eigenvalue weighted by atomic mass is 10.0. The molecule has 0 spiro atoms. The summed E-state index contributed by atoms with van der Waals surface area (Å²) in [6, 6.07) is 7.65. The maximum atomic E-state index is 13.9. The van der Waals surface area contributed by atoms with Crippen LogP contribution in [0.2, 0.25) is 0 Å². The number of hydrogen-bond acceptors (Lipinski definition) is 2.